The summed E-state index contributed by atoms with van der Waals surface area (Å²) in [6.45, 7) is 7.80. The summed E-state index contributed by atoms with van der Waals surface area (Å²) < 4.78 is 12.6. The summed E-state index contributed by atoms with van der Waals surface area (Å²) >= 11 is 0. The van der Waals surface area contributed by atoms with Crippen molar-refractivity contribution < 1.29 is 19.4 Å². The van der Waals surface area contributed by atoms with Crippen LogP contribution in [0.25, 0.3) is 11.1 Å². The van der Waals surface area contributed by atoms with E-state index in [2.05, 4.69) is 26.8 Å². The number of carboxylic acid groups (broad SMARTS) is 1. The number of aromatic carboxylic acids is 1. The third-order valence-electron chi connectivity index (χ3n) is 6.42. The molecule has 2 aromatic carbocycles. The zero-order valence-electron chi connectivity index (χ0n) is 22.2. The van der Waals surface area contributed by atoms with Gasteiger partial charge in [-0.3, -0.25) is 0 Å². The fourth-order valence-corrected chi connectivity index (χ4v) is 4.46. The van der Waals surface area contributed by atoms with E-state index < -0.39 is 5.97 Å². The van der Waals surface area contributed by atoms with Crippen molar-refractivity contribution in [3.8, 4) is 22.6 Å². The highest BCUT2D eigenvalue weighted by Crippen LogP contribution is 2.40. The van der Waals surface area contributed by atoms with E-state index in [0.29, 0.717) is 30.9 Å². The molecule has 0 aliphatic rings. The van der Waals surface area contributed by atoms with Gasteiger partial charge in [0.15, 0.2) is 0 Å². The normalized spacial score (nSPS) is 10.9. The summed E-state index contributed by atoms with van der Waals surface area (Å²) in [5.41, 5.74) is 3.01. The van der Waals surface area contributed by atoms with Crippen molar-refractivity contribution in [1.29, 1.82) is 0 Å². The lowest BCUT2D eigenvalue weighted by molar-refractivity contribution is 0.0695. The molecule has 0 fully saturated rings. The van der Waals surface area contributed by atoms with E-state index in [1.54, 1.807) is 6.07 Å². The Morgan fingerprint density at radius 1 is 0.686 bits per heavy atom. The second-order valence-electron chi connectivity index (χ2n) is 9.40. The Hall–Kier alpha value is -2.49. The minimum atomic E-state index is -0.902. The molecule has 0 aromatic heterocycles. The quantitative estimate of drug-likeness (QED) is 0.203. The maximum absolute atomic E-state index is 12.0. The van der Waals surface area contributed by atoms with Gasteiger partial charge in [0.05, 0.1) is 18.8 Å². The number of hydrogen-bond donors (Lipinski definition) is 1. The maximum atomic E-state index is 12.0. The van der Waals surface area contributed by atoms with E-state index in [0.717, 1.165) is 48.1 Å². The first-order valence-corrected chi connectivity index (χ1v) is 13.9. The zero-order valence-corrected chi connectivity index (χ0v) is 22.2. The molecule has 0 saturated heterocycles. The number of carbonyl (C=O) groups is 1. The summed E-state index contributed by atoms with van der Waals surface area (Å²) in [6.07, 6.45) is 14.6. The van der Waals surface area contributed by atoms with E-state index in [-0.39, 0.29) is 0 Å². The van der Waals surface area contributed by atoms with Crippen LogP contribution in [0, 0.1) is 0 Å². The smallest absolute Gasteiger partial charge is 0.336 e. The number of rotatable bonds is 19. The van der Waals surface area contributed by atoms with E-state index in [9.17, 15) is 9.90 Å². The summed E-state index contributed by atoms with van der Waals surface area (Å²) in [5, 5.41) is 9.85. The van der Waals surface area contributed by atoms with Gasteiger partial charge in [-0.1, -0.05) is 103 Å². The molecule has 194 valence electrons. The van der Waals surface area contributed by atoms with Crippen molar-refractivity contribution >= 4 is 5.97 Å². The first-order chi connectivity index (χ1) is 17.1. The largest absolute Gasteiger partial charge is 0.493 e. The van der Waals surface area contributed by atoms with Gasteiger partial charge in [-0.05, 0) is 37.5 Å². The summed E-state index contributed by atoms with van der Waals surface area (Å²) in [5.74, 6) is 0.637. The van der Waals surface area contributed by atoms with E-state index in [1.165, 1.54) is 51.4 Å². The van der Waals surface area contributed by atoms with Crippen LogP contribution in [0.15, 0.2) is 36.4 Å². The summed E-state index contributed by atoms with van der Waals surface area (Å²) in [6, 6.07) is 11.7. The van der Waals surface area contributed by atoms with Gasteiger partial charge in [0.2, 0.25) is 0 Å². The van der Waals surface area contributed by atoms with Gasteiger partial charge in [-0.2, -0.15) is 0 Å². The molecule has 0 aliphatic carbocycles. The maximum Gasteiger partial charge on any atom is 0.336 e. The Labute approximate surface area is 213 Å². The van der Waals surface area contributed by atoms with Crippen LogP contribution in [-0.4, -0.2) is 24.3 Å². The highest BCUT2D eigenvalue weighted by Gasteiger charge is 2.21. The lowest BCUT2D eigenvalue weighted by atomic mass is 9.94. The van der Waals surface area contributed by atoms with Crippen LogP contribution < -0.4 is 9.47 Å². The molecule has 0 aliphatic heterocycles. The molecule has 0 saturated carbocycles. The molecule has 2 rings (SSSR count). The van der Waals surface area contributed by atoms with Crippen molar-refractivity contribution in [2.24, 2.45) is 0 Å². The van der Waals surface area contributed by atoms with Crippen molar-refractivity contribution in [2.45, 2.75) is 104 Å². The van der Waals surface area contributed by atoms with Gasteiger partial charge >= 0.3 is 5.97 Å². The van der Waals surface area contributed by atoms with Gasteiger partial charge in [0.1, 0.15) is 11.5 Å². The van der Waals surface area contributed by atoms with Gasteiger partial charge in [-0.15, -0.1) is 0 Å². The van der Waals surface area contributed by atoms with Crippen molar-refractivity contribution in [3.63, 3.8) is 0 Å². The third kappa shape index (κ3) is 9.58. The number of hydrogen-bond acceptors (Lipinski definition) is 3. The molecule has 0 radical (unpaired) electrons. The predicted molar refractivity (Wildman–Crippen MR) is 146 cm³/mol. The molecule has 2 aromatic rings. The van der Waals surface area contributed by atoms with Crippen LogP contribution in [0.4, 0.5) is 0 Å². The molecule has 0 spiro atoms. The fraction of sp³-hybridized carbons (Fsp3) is 0.581. The lowest BCUT2D eigenvalue weighted by Crippen LogP contribution is -2.09. The van der Waals surface area contributed by atoms with Crippen LogP contribution in [0.3, 0.4) is 0 Å². The lowest BCUT2D eigenvalue weighted by Gasteiger charge is -2.20. The average molecular weight is 483 g/mol. The van der Waals surface area contributed by atoms with Gasteiger partial charge < -0.3 is 14.6 Å². The minimum absolute atomic E-state index is 0.336. The SMILES string of the molecule is CCCCCCCCOc1c(-c2ccccc2OCCCCCCC)ccc(C(=O)O)c1CCC. The van der Waals surface area contributed by atoms with Crippen LogP contribution in [0.5, 0.6) is 11.5 Å². The molecule has 35 heavy (non-hydrogen) atoms. The third-order valence-corrected chi connectivity index (χ3v) is 6.42. The Bertz CT molecular complexity index is 874. The molecule has 0 atom stereocenters. The molecule has 4 heteroatoms. The molecular formula is C31H46O4. The van der Waals surface area contributed by atoms with Crippen molar-refractivity contribution in [2.75, 3.05) is 13.2 Å². The first kappa shape index (κ1) is 28.7. The molecular weight excluding hydrogens is 436 g/mol. The second kappa shape index (κ2) is 17.0. The fourth-order valence-electron chi connectivity index (χ4n) is 4.46. The standard InChI is InChI=1S/C31H46O4/c1-4-7-9-11-13-17-24-35-30-26(18-6-3)28(31(32)33)22-21-27(30)25-19-14-15-20-29(25)34-23-16-12-10-8-5-2/h14-15,19-22H,4-13,16-18,23-24H2,1-3H3,(H,32,33). The van der Waals surface area contributed by atoms with Crippen LogP contribution in [0.2, 0.25) is 0 Å². The Morgan fingerprint density at radius 3 is 1.91 bits per heavy atom. The van der Waals surface area contributed by atoms with Crippen LogP contribution in [-0.2, 0) is 6.42 Å². The second-order valence-corrected chi connectivity index (χ2v) is 9.40. The molecule has 0 amide bonds. The van der Waals surface area contributed by atoms with Crippen LogP contribution >= 0.6 is 0 Å². The van der Waals surface area contributed by atoms with Gasteiger partial charge in [-0.25, -0.2) is 4.79 Å². The van der Waals surface area contributed by atoms with E-state index in [4.69, 9.17) is 9.47 Å². The number of para-hydroxylation sites is 1. The monoisotopic (exact) mass is 482 g/mol. The van der Waals surface area contributed by atoms with E-state index >= 15 is 0 Å². The topological polar surface area (TPSA) is 55.8 Å². The molecule has 4 nitrogen and oxygen atoms in total. The predicted octanol–water partition coefficient (Wildman–Crippen LogP) is 9.09. The zero-order chi connectivity index (χ0) is 25.3. The Balaban J connectivity index is 2.27. The Kier molecular flexibility index (Phi) is 14.0. The molecule has 0 unspecified atom stereocenters. The van der Waals surface area contributed by atoms with Gasteiger partial charge in [0, 0.05) is 16.7 Å². The first-order valence-electron chi connectivity index (χ1n) is 13.9. The molecule has 0 bridgehead atoms. The van der Waals surface area contributed by atoms with E-state index in [1.807, 2.05) is 24.3 Å². The van der Waals surface area contributed by atoms with Gasteiger partial charge in [0.25, 0.3) is 0 Å². The molecule has 0 heterocycles. The summed E-state index contributed by atoms with van der Waals surface area (Å²) in [7, 11) is 0. The molecule has 1 N–H and O–H groups in total. The highest BCUT2D eigenvalue weighted by molar-refractivity contribution is 5.92. The summed E-state index contributed by atoms with van der Waals surface area (Å²) in [4.78, 5) is 12.0. The van der Waals surface area contributed by atoms with Crippen LogP contribution in [0.1, 0.15) is 114 Å². The Morgan fingerprint density at radius 2 is 1.29 bits per heavy atom. The van der Waals surface area contributed by atoms with Crippen molar-refractivity contribution in [1.82, 2.24) is 0 Å². The van der Waals surface area contributed by atoms with Crippen molar-refractivity contribution in [3.05, 3.63) is 47.5 Å². The average Bonchev–Trinajstić information content (AvgIpc) is 2.86. The number of ether oxygens (including phenoxy) is 2. The number of benzene rings is 2. The number of carboxylic acids is 1. The number of unbranched alkanes of at least 4 members (excludes halogenated alkanes) is 9. The highest BCUT2D eigenvalue weighted by atomic mass is 16.5. The minimum Gasteiger partial charge on any atom is -0.493 e.